The second-order valence-electron chi connectivity index (χ2n) is 8.72. The molecule has 2 heterocycles. The lowest BCUT2D eigenvalue weighted by Gasteiger charge is -2.30. The van der Waals surface area contributed by atoms with Gasteiger partial charge in [-0.2, -0.15) is 4.98 Å². The van der Waals surface area contributed by atoms with Crippen molar-refractivity contribution in [3.8, 4) is 11.4 Å². The highest BCUT2D eigenvalue weighted by Gasteiger charge is 2.27. The van der Waals surface area contributed by atoms with Crippen molar-refractivity contribution in [2.75, 3.05) is 38.7 Å². The van der Waals surface area contributed by atoms with Crippen molar-refractivity contribution in [1.82, 2.24) is 20.4 Å². The number of amides is 2. The minimum absolute atomic E-state index is 0.0682. The molecule has 9 heteroatoms. The van der Waals surface area contributed by atoms with Crippen LogP contribution >= 0.6 is 0 Å². The Balaban J connectivity index is 1.29. The predicted octanol–water partition coefficient (Wildman–Crippen LogP) is 3.27. The second kappa shape index (κ2) is 11.7. The molecule has 4 rings (SSSR count). The Kier molecular flexibility index (Phi) is 8.23. The first-order valence-corrected chi connectivity index (χ1v) is 11.8. The average Bonchev–Trinajstić information content (AvgIpc) is 3.33. The molecule has 2 amide bonds. The number of nitrogens with one attached hydrogen (secondary N) is 2. The van der Waals surface area contributed by atoms with Crippen molar-refractivity contribution in [1.29, 1.82) is 0 Å². The third-order valence-electron chi connectivity index (χ3n) is 6.08. The Morgan fingerprint density at radius 1 is 1.14 bits per heavy atom. The number of nitrogens with zero attached hydrogens (tertiary/aromatic N) is 3. The summed E-state index contributed by atoms with van der Waals surface area (Å²) < 4.78 is 10.4. The van der Waals surface area contributed by atoms with Crippen LogP contribution in [0.3, 0.4) is 0 Å². The van der Waals surface area contributed by atoms with E-state index < -0.39 is 0 Å². The monoisotopic (exact) mass is 477 g/mol. The molecule has 1 aromatic heterocycles. The molecule has 1 aliphatic rings. The predicted molar refractivity (Wildman–Crippen MR) is 132 cm³/mol. The van der Waals surface area contributed by atoms with Crippen LogP contribution in [0.4, 0.5) is 5.69 Å². The van der Waals surface area contributed by atoms with Crippen molar-refractivity contribution >= 4 is 17.5 Å². The summed E-state index contributed by atoms with van der Waals surface area (Å²) in [4.78, 5) is 32.2. The number of ether oxygens (including phenoxy) is 1. The van der Waals surface area contributed by atoms with Crippen LogP contribution in [0, 0.1) is 12.8 Å². The van der Waals surface area contributed by atoms with Gasteiger partial charge in [-0.15, -0.1) is 0 Å². The first-order valence-electron chi connectivity index (χ1n) is 11.8. The number of para-hydroxylation sites is 1. The summed E-state index contributed by atoms with van der Waals surface area (Å²) in [6.45, 7) is 4.91. The highest BCUT2D eigenvalue weighted by atomic mass is 16.5. The Hall–Kier alpha value is -3.56. The Labute approximate surface area is 204 Å². The maximum atomic E-state index is 12.9. The molecule has 0 bridgehead atoms. The minimum atomic E-state index is -0.239. The number of piperidine rings is 1. The Bertz CT molecular complexity index is 1150. The smallest absolute Gasteiger partial charge is 0.253 e. The molecule has 9 nitrogen and oxygen atoms in total. The van der Waals surface area contributed by atoms with Crippen molar-refractivity contribution in [3.63, 3.8) is 0 Å². The maximum absolute atomic E-state index is 12.9. The number of anilines is 1. The number of aryl methyl sites for hydroxylation is 1. The van der Waals surface area contributed by atoms with Crippen LogP contribution < -0.4 is 10.6 Å². The molecular formula is C26H31N5O4. The van der Waals surface area contributed by atoms with Crippen LogP contribution in [-0.2, 0) is 16.1 Å². The summed E-state index contributed by atoms with van der Waals surface area (Å²) in [5, 5.41) is 9.86. The molecule has 1 fully saturated rings. The van der Waals surface area contributed by atoms with Gasteiger partial charge in [0.25, 0.3) is 5.91 Å². The quantitative estimate of drug-likeness (QED) is 0.455. The molecule has 2 aromatic carbocycles. The maximum Gasteiger partial charge on any atom is 0.253 e. The van der Waals surface area contributed by atoms with Crippen LogP contribution in [0.25, 0.3) is 11.4 Å². The molecule has 0 aliphatic carbocycles. The van der Waals surface area contributed by atoms with E-state index in [1.807, 2.05) is 31.2 Å². The fourth-order valence-electron chi connectivity index (χ4n) is 4.15. The molecule has 0 spiro atoms. The summed E-state index contributed by atoms with van der Waals surface area (Å²) in [5.74, 6) is 0.723. The van der Waals surface area contributed by atoms with Gasteiger partial charge in [0.15, 0.2) is 0 Å². The van der Waals surface area contributed by atoms with E-state index in [-0.39, 0.29) is 17.7 Å². The van der Waals surface area contributed by atoms with Crippen LogP contribution in [0.2, 0.25) is 0 Å². The largest absolute Gasteiger partial charge is 0.383 e. The molecule has 0 atom stereocenters. The van der Waals surface area contributed by atoms with Gasteiger partial charge in [-0.25, -0.2) is 0 Å². The first kappa shape index (κ1) is 24.6. The van der Waals surface area contributed by atoms with Crippen LogP contribution in [0.1, 0.15) is 34.7 Å². The highest BCUT2D eigenvalue weighted by Crippen LogP contribution is 2.23. The lowest BCUT2D eigenvalue weighted by atomic mass is 9.95. The Morgan fingerprint density at radius 3 is 2.71 bits per heavy atom. The van der Waals surface area contributed by atoms with Gasteiger partial charge in [0.2, 0.25) is 17.6 Å². The van der Waals surface area contributed by atoms with Gasteiger partial charge in [-0.1, -0.05) is 41.1 Å². The van der Waals surface area contributed by atoms with Crippen molar-refractivity contribution in [2.45, 2.75) is 26.3 Å². The SMILES string of the molecule is COCCNC(=O)c1ccccc1NC(=O)C1CCN(Cc2nc(-c3cccc(C)c3)no2)CC1. The first-order chi connectivity index (χ1) is 17.0. The number of carbonyl (C=O) groups excluding carboxylic acids is 2. The van der Waals surface area contributed by atoms with E-state index in [1.165, 1.54) is 0 Å². The van der Waals surface area contributed by atoms with E-state index in [1.54, 1.807) is 31.4 Å². The average molecular weight is 478 g/mol. The summed E-state index contributed by atoms with van der Waals surface area (Å²) in [6.07, 6.45) is 1.43. The highest BCUT2D eigenvalue weighted by molar-refractivity contribution is 6.04. The fourth-order valence-corrected chi connectivity index (χ4v) is 4.15. The van der Waals surface area contributed by atoms with Crippen LogP contribution in [0.15, 0.2) is 53.1 Å². The number of hydrogen-bond donors (Lipinski definition) is 2. The van der Waals surface area contributed by atoms with Gasteiger partial charge in [0, 0.05) is 25.1 Å². The zero-order valence-electron chi connectivity index (χ0n) is 20.1. The van der Waals surface area contributed by atoms with Crippen molar-refractivity contribution < 1.29 is 18.8 Å². The van der Waals surface area contributed by atoms with E-state index >= 15 is 0 Å². The molecule has 184 valence electrons. The molecule has 1 aliphatic heterocycles. The summed E-state index contributed by atoms with van der Waals surface area (Å²) in [7, 11) is 1.58. The second-order valence-corrected chi connectivity index (χ2v) is 8.72. The van der Waals surface area contributed by atoms with Crippen molar-refractivity contribution in [3.05, 3.63) is 65.5 Å². The number of aromatic nitrogens is 2. The van der Waals surface area contributed by atoms with Gasteiger partial charge in [-0.3, -0.25) is 14.5 Å². The van der Waals surface area contributed by atoms with Gasteiger partial charge in [-0.05, 0) is 51.1 Å². The van der Waals surface area contributed by atoms with Crippen LogP contribution in [0.5, 0.6) is 0 Å². The fraction of sp³-hybridized carbons (Fsp3) is 0.385. The van der Waals surface area contributed by atoms with Gasteiger partial charge in [0.05, 0.1) is 24.4 Å². The van der Waals surface area contributed by atoms with E-state index in [9.17, 15) is 9.59 Å². The molecule has 1 saturated heterocycles. The number of benzene rings is 2. The molecule has 2 N–H and O–H groups in total. The standard InChI is InChI=1S/C26H31N5O4/c1-18-6-5-7-20(16-18)24-29-23(35-30-24)17-31-13-10-19(11-14-31)25(32)28-22-9-4-3-8-21(22)26(33)27-12-15-34-2/h3-9,16,19H,10-15,17H2,1-2H3,(H,27,33)(H,28,32). The summed E-state index contributed by atoms with van der Waals surface area (Å²) in [6, 6.07) is 15.0. The lowest BCUT2D eigenvalue weighted by Crippen LogP contribution is -2.38. The van der Waals surface area contributed by atoms with Gasteiger partial charge < -0.3 is 19.9 Å². The summed E-state index contributed by atoms with van der Waals surface area (Å²) in [5.41, 5.74) is 3.03. The third-order valence-corrected chi connectivity index (χ3v) is 6.08. The molecule has 35 heavy (non-hydrogen) atoms. The normalized spacial score (nSPS) is 14.6. The molecule has 3 aromatic rings. The van der Waals surface area contributed by atoms with Gasteiger partial charge in [0.1, 0.15) is 0 Å². The van der Waals surface area contributed by atoms with E-state index in [0.29, 0.717) is 55.5 Å². The van der Waals surface area contributed by atoms with E-state index in [2.05, 4.69) is 25.7 Å². The molecule has 0 radical (unpaired) electrons. The third kappa shape index (κ3) is 6.52. The minimum Gasteiger partial charge on any atom is -0.383 e. The lowest BCUT2D eigenvalue weighted by molar-refractivity contribution is -0.121. The topological polar surface area (TPSA) is 110 Å². The van der Waals surface area contributed by atoms with E-state index in [0.717, 1.165) is 24.2 Å². The molecule has 0 saturated carbocycles. The number of rotatable bonds is 9. The molecular weight excluding hydrogens is 446 g/mol. The Morgan fingerprint density at radius 2 is 1.94 bits per heavy atom. The molecule has 0 unspecified atom stereocenters. The van der Waals surface area contributed by atoms with Gasteiger partial charge >= 0.3 is 0 Å². The number of methoxy groups -OCH3 is 1. The summed E-state index contributed by atoms with van der Waals surface area (Å²) >= 11 is 0. The number of carbonyl (C=O) groups is 2. The number of likely N-dealkylation sites (tertiary alicyclic amines) is 1. The van der Waals surface area contributed by atoms with Crippen molar-refractivity contribution in [2.24, 2.45) is 5.92 Å². The zero-order valence-corrected chi connectivity index (χ0v) is 20.1. The van der Waals surface area contributed by atoms with Crippen LogP contribution in [-0.4, -0.2) is 60.2 Å². The zero-order chi connectivity index (χ0) is 24.6. The van der Waals surface area contributed by atoms with E-state index in [4.69, 9.17) is 9.26 Å². The number of hydrogen-bond acceptors (Lipinski definition) is 7.